The molecule has 104 valence electrons. The monoisotopic (exact) mass is 268 g/mol. The van der Waals surface area contributed by atoms with E-state index in [0.29, 0.717) is 19.2 Å². The van der Waals surface area contributed by atoms with Crippen molar-refractivity contribution in [3.8, 4) is 0 Å². The van der Waals surface area contributed by atoms with Gasteiger partial charge in [0.15, 0.2) is 11.6 Å². The van der Waals surface area contributed by atoms with Gasteiger partial charge in [-0.3, -0.25) is 4.90 Å². The predicted molar refractivity (Wildman–Crippen MR) is 67.6 cm³/mol. The van der Waals surface area contributed by atoms with Crippen LogP contribution in [-0.2, 0) is 4.74 Å². The number of benzene rings is 1. The summed E-state index contributed by atoms with van der Waals surface area (Å²) in [5.41, 5.74) is 6.51. The molecule has 2 fully saturated rings. The van der Waals surface area contributed by atoms with Gasteiger partial charge in [-0.15, -0.1) is 0 Å². The molecule has 1 aliphatic heterocycles. The van der Waals surface area contributed by atoms with Crippen LogP contribution in [0.5, 0.6) is 0 Å². The molecule has 1 aromatic rings. The molecule has 0 amide bonds. The molecule has 2 atom stereocenters. The van der Waals surface area contributed by atoms with Gasteiger partial charge in [0.05, 0.1) is 18.8 Å². The molecular formula is C14H18F2N2O. The van der Waals surface area contributed by atoms with E-state index < -0.39 is 11.6 Å². The maximum atomic E-state index is 13.4. The summed E-state index contributed by atoms with van der Waals surface area (Å²) >= 11 is 0. The highest BCUT2D eigenvalue weighted by Gasteiger charge is 2.40. The fourth-order valence-corrected chi connectivity index (χ4v) is 2.87. The van der Waals surface area contributed by atoms with E-state index in [-0.39, 0.29) is 12.1 Å². The van der Waals surface area contributed by atoms with E-state index in [2.05, 4.69) is 4.90 Å². The molecule has 0 bridgehead atoms. The second kappa shape index (κ2) is 5.15. The number of rotatable bonds is 3. The first kappa shape index (κ1) is 13.0. The molecule has 0 aromatic heterocycles. The van der Waals surface area contributed by atoms with Crippen molar-refractivity contribution >= 4 is 0 Å². The van der Waals surface area contributed by atoms with E-state index in [1.54, 1.807) is 6.07 Å². The Hall–Kier alpha value is -1.04. The van der Waals surface area contributed by atoms with Gasteiger partial charge in [-0.2, -0.15) is 0 Å². The van der Waals surface area contributed by atoms with Crippen LogP contribution in [0.25, 0.3) is 0 Å². The van der Waals surface area contributed by atoms with Crippen LogP contribution in [0.1, 0.15) is 24.4 Å². The highest BCUT2D eigenvalue weighted by Crippen LogP contribution is 2.38. The van der Waals surface area contributed by atoms with Crippen molar-refractivity contribution in [1.82, 2.24) is 4.90 Å². The molecule has 1 aromatic carbocycles. The van der Waals surface area contributed by atoms with Gasteiger partial charge in [0.1, 0.15) is 0 Å². The Kier molecular flexibility index (Phi) is 3.52. The van der Waals surface area contributed by atoms with E-state index in [0.717, 1.165) is 24.9 Å². The maximum absolute atomic E-state index is 13.4. The van der Waals surface area contributed by atoms with Crippen molar-refractivity contribution in [1.29, 1.82) is 0 Å². The third-order valence-electron chi connectivity index (χ3n) is 3.92. The zero-order valence-electron chi connectivity index (χ0n) is 10.7. The average molecular weight is 268 g/mol. The van der Waals surface area contributed by atoms with Crippen LogP contribution in [-0.4, -0.2) is 36.7 Å². The van der Waals surface area contributed by atoms with E-state index in [4.69, 9.17) is 10.5 Å². The highest BCUT2D eigenvalue weighted by atomic mass is 19.2. The molecule has 5 heteroatoms. The minimum atomic E-state index is -0.817. The molecule has 1 aliphatic carbocycles. The molecular weight excluding hydrogens is 250 g/mol. The molecule has 2 aliphatic rings. The van der Waals surface area contributed by atoms with Gasteiger partial charge in [0.25, 0.3) is 0 Å². The summed E-state index contributed by atoms with van der Waals surface area (Å²) in [5, 5.41) is 0. The van der Waals surface area contributed by atoms with E-state index in [9.17, 15) is 8.78 Å². The Morgan fingerprint density at radius 3 is 2.68 bits per heavy atom. The molecule has 3 rings (SSSR count). The Labute approximate surface area is 111 Å². The van der Waals surface area contributed by atoms with Gasteiger partial charge in [-0.1, -0.05) is 6.07 Å². The normalized spacial score (nSPS) is 28.6. The lowest BCUT2D eigenvalue weighted by Crippen LogP contribution is -2.49. The SMILES string of the molecule is NCC1OCCN(C2CC2)C1c1ccc(F)c(F)c1. The minimum absolute atomic E-state index is 0.0682. The molecule has 2 unspecified atom stereocenters. The van der Waals surface area contributed by atoms with Crippen molar-refractivity contribution < 1.29 is 13.5 Å². The molecule has 1 saturated heterocycles. The zero-order valence-corrected chi connectivity index (χ0v) is 10.7. The fourth-order valence-electron chi connectivity index (χ4n) is 2.87. The molecule has 1 saturated carbocycles. The quantitative estimate of drug-likeness (QED) is 0.909. The Morgan fingerprint density at radius 2 is 2.05 bits per heavy atom. The van der Waals surface area contributed by atoms with Crippen molar-refractivity contribution in [2.24, 2.45) is 5.73 Å². The first-order valence-corrected chi connectivity index (χ1v) is 6.73. The predicted octanol–water partition coefficient (Wildman–Crippen LogP) is 1.83. The Balaban J connectivity index is 1.93. The van der Waals surface area contributed by atoms with Crippen molar-refractivity contribution in [2.45, 2.75) is 31.0 Å². The summed E-state index contributed by atoms with van der Waals surface area (Å²) in [6.07, 6.45) is 2.17. The fraction of sp³-hybridized carbons (Fsp3) is 0.571. The van der Waals surface area contributed by atoms with Crippen LogP contribution in [0.4, 0.5) is 8.78 Å². The maximum Gasteiger partial charge on any atom is 0.159 e. The molecule has 1 heterocycles. The standard InChI is InChI=1S/C14H18F2N2O/c15-11-4-1-9(7-12(11)16)14-13(8-17)19-6-5-18(14)10-2-3-10/h1,4,7,10,13-14H,2-3,5-6,8,17H2. The Morgan fingerprint density at radius 1 is 1.26 bits per heavy atom. The number of hydrogen-bond acceptors (Lipinski definition) is 3. The van der Waals surface area contributed by atoms with Crippen LogP contribution in [0, 0.1) is 11.6 Å². The Bertz CT molecular complexity index is 465. The summed E-state index contributed by atoms with van der Waals surface area (Å²) in [6, 6.07) is 4.55. The van der Waals surface area contributed by atoms with Crippen LogP contribution < -0.4 is 5.73 Å². The third kappa shape index (κ3) is 2.50. The number of morpholine rings is 1. The summed E-state index contributed by atoms with van der Waals surface area (Å²) in [4.78, 5) is 2.33. The van der Waals surface area contributed by atoms with Crippen molar-refractivity contribution in [3.05, 3.63) is 35.4 Å². The third-order valence-corrected chi connectivity index (χ3v) is 3.92. The number of ether oxygens (including phenoxy) is 1. The summed E-state index contributed by atoms with van der Waals surface area (Å²) in [7, 11) is 0. The smallest absolute Gasteiger partial charge is 0.159 e. The molecule has 3 nitrogen and oxygen atoms in total. The topological polar surface area (TPSA) is 38.5 Å². The van der Waals surface area contributed by atoms with E-state index in [1.165, 1.54) is 12.1 Å². The van der Waals surface area contributed by atoms with Crippen LogP contribution >= 0.6 is 0 Å². The molecule has 0 spiro atoms. The van der Waals surface area contributed by atoms with Gasteiger partial charge in [0.2, 0.25) is 0 Å². The summed E-state index contributed by atoms with van der Waals surface area (Å²) in [5.74, 6) is -1.63. The summed E-state index contributed by atoms with van der Waals surface area (Å²) < 4.78 is 32.2. The minimum Gasteiger partial charge on any atom is -0.374 e. The number of hydrogen-bond donors (Lipinski definition) is 1. The molecule has 19 heavy (non-hydrogen) atoms. The van der Waals surface area contributed by atoms with Crippen LogP contribution in [0.2, 0.25) is 0 Å². The van der Waals surface area contributed by atoms with Crippen LogP contribution in [0.15, 0.2) is 18.2 Å². The number of nitrogens with zero attached hydrogens (tertiary/aromatic N) is 1. The lowest BCUT2D eigenvalue weighted by Gasteiger charge is -2.41. The van der Waals surface area contributed by atoms with Crippen LogP contribution in [0.3, 0.4) is 0 Å². The van der Waals surface area contributed by atoms with Gasteiger partial charge >= 0.3 is 0 Å². The average Bonchev–Trinajstić information content (AvgIpc) is 3.25. The van der Waals surface area contributed by atoms with E-state index in [1.807, 2.05) is 0 Å². The number of halogens is 2. The van der Waals surface area contributed by atoms with Gasteiger partial charge in [0, 0.05) is 19.1 Å². The lowest BCUT2D eigenvalue weighted by atomic mass is 9.97. The summed E-state index contributed by atoms with van der Waals surface area (Å²) in [6.45, 7) is 1.86. The second-order valence-electron chi connectivity index (χ2n) is 5.23. The largest absolute Gasteiger partial charge is 0.374 e. The van der Waals surface area contributed by atoms with Gasteiger partial charge < -0.3 is 10.5 Å². The molecule has 0 radical (unpaired) electrons. The number of nitrogens with two attached hydrogens (primary N) is 1. The lowest BCUT2D eigenvalue weighted by molar-refractivity contribution is -0.0713. The highest BCUT2D eigenvalue weighted by molar-refractivity contribution is 5.24. The van der Waals surface area contributed by atoms with Gasteiger partial charge in [-0.25, -0.2) is 8.78 Å². The van der Waals surface area contributed by atoms with Crippen molar-refractivity contribution in [3.63, 3.8) is 0 Å². The first-order chi connectivity index (χ1) is 9.20. The van der Waals surface area contributed by atoms with Gasteiger partial charge in [-0.05, 0) is 30.5 Å². The molecule has 2 N–H and O–H groups in total. The zero-order chi connectivity index (χ0) is 13.4. The second-order valence-corrected chi connectivity index (χ2v) is 5.23. The van der Waals surface area contributed by atoms with E-state index >= 15 is 0 Å². The van der Waals surface area contributed by atoms with Crippen molar-refractivity contribution in [2.75, 3.05) is 19.7 Å². The first-order valence-electron chi connectivity index (χ1n) is 6.73.